The highest BCUT2D eigenvalue weighted by atomic mass is 16.5. The van der Waals surface area contributed by atoms with Crippen molar-refractivity contribution >= 4 is 40.0 Å². The van der Waals surface area contributed by atoms with E-state index in [0.717, 1.165) is 33.2 Å². The Kier molecular flexibility index (Phi) is 8.91. The Balaban J connectivity index is 1.32. The first kappa shape index (κ1) is 30.2. The molecule has 2 aromatic heterocycles. The number of anilines is 3. The topological polar surface area (TPSA) is 119 Å². The van der Waals surface area contributed by atoms with Crippen LogP contribution in [0.2, 0.25) is 0 Å². The van der Waals surface area contributed by atoms with Gasteiger partial charge in [-0.3, -0.25) is 10.1 Å². The zero-order valence-electron chi connectivity index (χ0n) is 25.5. The number of hydrogen-bond acceptors (Lipinski definition) is 6. The van der Waals surface area contributed by atoms with Crippen molar-refractivity contribution in [2.24, 2.45) is 0 Å². The molecule has 2 heterocycles. The van der Waals surface area contributed by atoms with Crippen LogP contribution in [-0.2, 0) is 21.6 Å². The fourth-order valence-electron chi connectivity index (χ4n) is 4.91. The van der Waals surface area contributed by atoms with E-state index >= 15 is 0 Å². The van der Waals surface area contributed by atoms with Gasteiger partial charge in [0, 0.05) is 30.1 Å². The smallest absolute Gasteiger partial charge is 0.324 e. The quantitative estimate of drug-likeness (QED) is 0.173. The van der Waals surface area contributed by atoms with Crippen molar-refractivity contribution in [1.82, 2.24) is 14.8 Å². The monoisotopic (exact) mass is 592 g/mol. The predicted molar refractivity (Wildman–Crippen MR) is 173 cm³/mol. The summed E-state index contributed by atoms with van der Waals surface area (Å²) in [6.07, 6.45) is 3.28. The van der Waals surface area contributed by atoms with E-state index in [4.69, 9.17) is 9.47 Å². The highest BCUT2D eigenvalue weighted by molar-refractivity contribution is 6.07. The van der Waals surface area contributed by atoms with Gasteiger partial charge in [0.05, 0.1) is 17.6 Å². The number of rotatable bonds is 9. The Morgan fingerprint density at radius 2 is 1.68 bits per heavy atom. The van der Waals surface area contributed by atoms with Gasteiger partial charge in [0.2, 0.25) is 0 Å². The molecule has 3 amide bonds. The van der Waals surface area contributed by atoms with E-state index < -0.39 is 6.03 Å². The largest absolute Gasteiger partial charge is 0.488 e. The minimum atomic E-state index is -0.394. The van der Waals surface area contributed by atoms with Crippen LogP contribution in [0.4, 0.5) is 22.1 Å². The molecule has 0 unspecified atom stereocenters. The van der Waals surface area contributed by atoms with Crippen molar-refractivity contribution in [3.8, 4) is 11.4 Å². The molecule has 226 valence electrons. The summed E-state index contributed by atoms with van der Waals surface area (Å²) in [7, 11) is 1.46. The minimum Gasteiger partial charge on any atom is -0.488 e. The van der Waals surface area contributed by atoms with E-state index in [9.17, 15) is 9.59 Å². The van der Waals surface area contributed by atoms with Crippen LogP contribution >= 0.6 is 0 Å². The number of aryl methyl sites for hydroxylation is 1. The first-order chi connectivity index (χ1) is 21.1. The van der Waals surface area contributed by atoms with Crippen LogP contribution in [0.1, 0.15) is 37.5 Å². The van der Waals surface area contributed by atoms with Crippen LogP contribution in [0.5, 0.6) is 5.75 Å². The van der Waals surface area contributed by atoms with Gasteiger partial charge in [0.15, 0.2) is 0 Å². The summed E-state index contributed by atoms with van der Waals surface area (Å²) in [5.41, 5.74) is 4.55. The molecule has 0 atom stereocenters. The molecule has 10 nitrogen and oxygen atoms in total. The third kappa shape index (κ3) is 7.04. The second kappa shape index (κ2) is 13.0. The lowest BCUT2D eigenvalue weighted by Crippen LogP contribution is -2.22. The molecule has 3 aromatic carbocycles. The Bertz CT molecular complexity index is 1810. The van der Waals surface area contributed by atoms with Crippen LogP contribution in [0, 0.1) is 6.92 Å². The van der Waals surface area contributed by atoms with Gasteiger partial charge < -0.3 is 20.1 Å². The average Bonchev–Trinajstić information content (AvgIpc) is 3.44. The molecular weight excluding hydrogens is 556 g/mol. The van der Waals surface area contributed by atoms with Crippen molar-refractivity contribution < 1.29 is 19.1 Å². The fourth-order valence-corrected chi connectivity index (χ4v) is 4.91. The maximum atomic E-state index is 13.2. The molecule has 0 saturated carbocycles. The summed E-state index contributed by atoms with van der Waals surface area (Å²) in [4.78, 5) is 29.3. The molecule has 5 rings (SSSR count). The number of nitrogens with zero attached hydrogens (tertiary/aromatic N) is 3. The minimum absolute atomic E-state index is 0.0542. The van der Waals surface area contributed by atoms with Gasteiger partial charge in [0.1, 0.15) is 30.6 Å². The van der Waals surface area contributed by atoms with Crippen LogP contribution in [0.3, 0.4) is 0 Å². The molecule has 10 heteroatoms. The summed E-state index contributed by atoms with van der Waals surface area (Å²) >= 11 is 0. The van der Waals surface area contributed by atoms with E-state index in [0.29, 0.717) is 23.1 Å². The number of benzene rings is 3. The molecule has 0 aliphatic carbocycles. The molecule has 0 aliphatic rings. The Morgan fingerprint density at radius 1 is 0.886 bits per heavy atom. The molecule has 0 aliphatic heterocycles. The SMILES string of the molecule is COCC(=O)Nc1cc(COc2ccc(NC(=O)Nc3ccnn3-c3ccc(C)cc3C(C)(C)C)c3ccccc23)ccn1. The van der Waals surface area contributed by atoms with E-state index in [1.165, 1.54) is 7.11 Å². The summed E-state index contributed by atoms with van der Waals surface area (Å²) in [5, 5.41) is 14.8. The highest BCUT2D eigenvalue weighted by Crippen LogP contribution is 2.33. The van der Waals surface area contributed by atoms with Gasteiger partial charge in [-0.1, -0.05) is 62.7 Å². The van der Waals surface area contributed by atoms with Crippen LogP contribution < -0.4 is 20.7 Å². The van der Waals surface area contributed by atoms with Crippen molar-refractivity contribution in [2.45, 2.75) is 39.7 Å². The van der Waals surface area contributed by atoms with Crippen LogP contribution in [0.15, 0.2) is 85.2 Å². The van der Waals surface area contributed by atoms with E-state index in [-0.39, 0.29) is 24.5 Å². The normalized spacial score (nSPS) is 11.3. The Morgan fingerprint density at radius 3 is 2.45 bits per heavy atom. The van der Waals surface area contributed by atoms with Crippen LogP contribution in [-0.4, -0.2) is 40.4 Å². The zero-order valence-corrected chi connectivity index (χ0v) is 25.5. The van der Waals surface area contributed by atoms with Gasteiger partial charge >= 0.3 is 6.03 Å². The average molecular weight is 593 g/mol. The lowest BCUT2D eigenvalue weighted by Gasteiger charge is -2.24. The maximum absolute atomic E-state index is 13.2. The third-order valence-electron chi connectivity index (χ3n) is 6.97. The van der Waals surface area contributed by atoms with Crippen molar-refractivity contribution in [3.05, 3.63) is 102 Å². The molecule has 0 fully saturated rings. The number of methoxy groups -OCH3 is 1. The molecule has 0 saturated heterocycles. The number of aromatic nitrogens is 3. The van der Waals surface area contributed by atoms with Crippen molar-refractivity contribution in [3.63, 3.8) is 0 Å². The second-order valence-electron chi connectivity index (χ2n) is 11.5. The number of pyridine rings is 1. The number of carbonyl (C=O) groups is 2. The second-order valence-corrected chi connectivity index (χ2v) is 11.5. The summed E-state index contributed by atoms with van der Waals surface area (Å²) in [6, 6.07) is 22.5. The lowest BCUT2D eigenvalue weighted by atomic mass is 9.85. The van der Waals surface area contributed by atoms with E-state index in [2.05, 4.69) is 59.8 Å². The van der Waals surface area contributed by atoms with Crippen LogP contribution in [0.25, 0.3) is 16.5 Å². The summed E-state index contributed by atoms with van der Waals surface area (Å²) in [6.45, 7) is 8.74. The number of carbonyl (C=O) groups excluding carboxylic acids is 2. The summed E-state index contributed by atoms with van der Waals surface area (Å²) < 4.78 is 12.8. The number of ether oxygens (including phenoxy) is 2. The van der Waals surface area contributed by atoms with E-state index in [1.807, 2.05) is 54.6 Å². The maximum Gasteiger partial charge on any atom is 0.324 e. The highest BCUT2D eigenvalue weighted by Gasteiger charge is 2.21. The summed E-state index contributed by atoms with van der Waals surface area (Å²) in [5.74, 6) is 1.34. The fraction of sp³-hybridized carbons (Fsp3) is 0.235. The number of hydrogen-bond donors (Lipinski definition) is 3. The molecular formula is C34H36N6O4. The first-order valence-corrected chi connectivity index (χ1v) is 14.2. The molecule has 44 heavy (non-hydrogen) atoms. The molecule has 0 spiro atoms. The third-order valence-corrected chi connectivity index (χ3v) is 6.97. The van der Waals surface area contributed by atoms with Gasteiger partial charge in [-0.2, -0.15) is 5.10 Å². The first-order valence-electron chi connectivity index (χ1n) is 14.2. The van der Waals surface area contributed by atoms with Gasteiger partial charge in [0.25, 0.3) is 5.91 Å². The zero-order chi connectivity index (χ0) is 31.3. The predicted octanol–water partition coefficient (Wildman–Crippen LogP) is 6.83. The van der Waals surface area contributed by atoms with Gasteiger partial charge in [-0.15, -0.1) is 0 Å². The Labute approximate surface area is 256 Å². The van der Waals surface area contributed by atoms with Gasteiger partial charge in [-0.25, -0.2) is 14.5 Å². The number of amides is 3. The number of nitrogens with one attached hydrogen (secondary N) is 3. The van der Waals surface area contributed by atoms with Crippen molar-refractivity contribution in [2.75, 3.05) is 29.7 Å². The lowest BCUT2D eigenvalue weighted by molar-refractivity contribution is -0.119. The number of urea groups is 1. The van der Waals surface area contributed by atoms with E-state index in [1.54, 1.807) is 29.2 Å². The molecule has 0 bridgehead atoms. The van der Waals surface area contributed by atoms with Crippen molar-refractivity contribution in [1.29, 1.82) is 0 Å². The Hall–Kier alpha value is -5.22. The van der Waals surface area contributed by atoms with Gasteiger partial charge in [-0.05, 0) is 53.8 Å². The number of fused-ring (bicyclic) bond motifs is 1. The molecule has 3 N–H and O–H groups in total. The molecule has 0 radical (unpaired) electrons. The standard InChI is InChI=1S/C34H36N6O4/c1-22-10-12-28(26(18-22)34(2,3)4)40-31(15-17-36-40)39-33(42)37-27-11-13-29(25-9-7-6-8-24(25)27)44-20-23-14-16-35-30(19-23)38-32(41)21-43-5/h6-19H,20-21H2,1-5H3,(H,35,38,41)(H2,37,39,42). The molecule has 5 aromatic rings.